The SMILES string of the molecule is Cc1cc(N2CCCCC2)nc(CNS(=O)(=O)c2ccc3c(c2)OCCO3)n1. The summed E-state index contributed by atoms with van der Waals surface area (Å²) in [5, 5.41) is 0. The van der Waals surface area contributed by atoms with E-state index < -0.39 is 10.0 Å². The fraction of sp³-hybridized carbons (Fsp3) is 0.474. The van der Waals surface area contributed by atoms with Gasteiger partial charge in [0.1, 0.15) is 24.9 Å². The van der Waals surface area contributed by atoms with Crippen molar-refractivity contribution in [2.75, 3.05) is 31.2 Å². The number of aromatic nitrogens is 2. The van der Waals surface area contributed by atoms with E-state index in [2.05, 4.69) is 19.6 Å². The molecule has 1 aromatic carbocycles. The molecule has 8 nitrogen and oxygen atoms in total. The number of aryl methyl sites for hydroxylation is 1. The minimum Gasteiger partial charge on any atom is -0.486 e. The number of rotatable bonds is 5. The summed E-state index contributed by atoms with van der Waals surface area (Å²) in [5.74, 6) is 2.31. The van der Waals surface area contributed by atoms with Crippen LogP contribution in [-0.4, -0.2) is 44.7 Å². The maximum absolute atomic E-state index is 12.7. The normalized spacial score (nSPS) is 16.8. The summed E-state index contributed by atoms with van der Waals surface area (Å²) in [6, 6.07) is 6.55. The highest BCUT2D eigenvalue weighted by Crippen LogP contribution is 2.32. The Hall–Kier alpha value is -2.39. The number of sulfonamides is 1. The first kappa shape index (κ1) is 18.9. The first-order valence-corrected chi connectivity index (χ1v) is 11.0. The van der Waals surface area contributed by atoms with Crippen LogP contribution in [0, 0.1) is 6.92 Å². The summed E-state index contributed by atoms with van der Waals surface area (Å²) in [6.07, 6.45) is 3.53. The van der Waals surface area contributed by atoms with Crippen molar-refractivity contribution in [1.82, 2.24) is 14.7 Å². The van der Waals surface area contributed by atoms with Crippen molar-refractivity contribution in [2.45, 2.75) is 37.6 Å². The molecule has 1 fully saturated rings. The van der Waals surface area contributed by atoms with Crippen LogP contribution in [0.2, 0.25) is 0 Å². The number of anilines is 1. The van der Waals surface area contributed by atoms with Gasteiger partial charge in [0.15, 0.2) is 11.5 Å². The number of nitrogens with one attached hydrogen (secondary N) is 1. The molecule has 9 heteroatoms. The van der Waals surface area contributed by atoms with E-state index in [-0.39, 0.29) is 11.4 Å². The lowest BCUT2D eigenvalue weighted by Gasteiger charge is -2.28. The van der Waals surface area contributed by atoms with Crippen LogP contribution in [0.15, 0.2) is 29.2 Å². The van der Waals surface area contributed by atoms with Crippen LogP contribution in [0.3, 0.4) is 0 Å². The number of benzene rings is 1. The lowest BCUT2D eigenvalue weighted by Crippen LogP contribution is -2.31. The van der Waals surface area contributed by atoms with E-state index in [1.807, 2.05) is 13.0 Å². The molecule has 0 saturated carbocycles. The van der Waals surface area contributed by atoms with Gasteiger partial charge in [0, 0.05) is 30.9 Å². The van der Waals surface area contributed by atoms with E-state index in [9.17, 15) is 8.42 Å². The van der Waals surface area contributed by atoms with Gasteiger partial charge in [-0.05, 0) is 38.3 Å². The van der Waals surface area contributed by atoms with Gasteiger partial charge in [-0.1, -0.05) is 0 Å². The van der Waals surface area contributed by atoms with Crippen LogP contribution in [0.4, 0.5) is 5.82 Å². The number of fused-ring (bicyclic) bond motifs is 1. The van der Waals surface area contributed by atoms with E-state index >= 15 is 0 Å². The molecule has 1 aromatic heterocycles. The predicted octanol–water partition coefficient (Wildman–Crippen LogP) is 2.03. The second-order valence-corrected chi connectivity index (χ2v) is 8.73. The van der Waals surface area contributed by atoms with Crippen molar-refractivity contribution >= 4 is 15.8 Å². The largest absolute Gasteiger partial charge is 0.486 e. The Morgan fingerprint density at radius 1 is 1.04 bits per heavy atom. The average molecular weight is 404 g/mol. The van der Waals surface area contributed by atoms with Crippen molar-refractivity contribution in [3.63, 3.8) is 0 Å². The highest BCUT2D eigenvalue weighted by atomic mass is 32.2. The van der Waals surface area contributed by atoms with Gasteiger partial charge in [-0.2, -0.15) is 0 Å². The molecule has 0 amide bonds. The van der Waals surface area contributed by atoms with Crippen molar-refractivity contribution < 1.29 is 17.9 Å². The summed E-state index contributed by atoms with van der Waals surface area (Å²) >= 11 is 0. The van der Waals surface area contributed by atoms with Crippen molar-refractivity contribution in [2.24, 2.45) is 0 Å². The average Bonchev–Trinajstić information content (AvgIpc) is 2.72. The molecule has 0 atom stereocenters. The molecule has 3 heterocycles. The van der Waals surface area contributed by atoms with Crippen LogP contribution < -0.4 is 19.1 Å². The summed E-state index contributed by atoms with van der Waals surface area (Å²) in [7, 11) is -3.72. The molecule has 2 aliphatic heterocycles. The molecule has 4 rings (SSSR count). The standard InChI is InChI=1S/C19H24N4O4S/c1-14-11-19(23-7-3-2-4-8-23)22-18(21-14)13-20-28(24,25)15-5-6-16-17(12-15)27-10-9-26-16/h5-6,11-12,20H,2-4,7-10,13H2,1H3. The van der Waals surface area contributed by atoms with Crippen LogP contribution in [-0.2, 0) is 16.6 Å². The maximum Gasteiger partial charge on any atom is 0.241 e. The van der Waals surface area contributed by atoms with Crippen LogP contribution in [0.5, 0.6) is 11.5 Å². The first-order chi connectivity index (χ1) is 13.5. The number of ether oxygens (including phenoxy) is 2. The fourth-order valence-corrected chi connectivity index (χ4v) is 4.41. The summed E-state index contributed by atoms with van der Waals surface area (Å²) in [6.45, 7) is 4.73. The van der Waals surface area contributed by atoms with E-state index in [0.717, 1.165) is 37.4 Å². The Morgan fingerprint density at radius 2 is 1.79 bits per heavy atom. The molecule has 2 aliphatic rings. The lowest BCUT2D eigenvalue weighted by atomic mass is 10.1. The molecular formula is C19H24N4O4S. The van der Waals surface area contributed by atoms with Gasteiger partial charge in [0.05, 0.1) is 11.4 Å². The Labute approximate surface area is 164 Å². The van der Waals surface area contributed by atoms with Crippen LogP contribution in [0.1, 0.15) is 30.8 Å². The van der Waals surface area contributed by atoms with Gasteiger partial charge in [0.2, 0.25) is 10.0 Å². The molecule has 1 N–H and O–H groups in total. The van der Waals surface area contributed by atoms with Gasteiger partial charge in [0.25, 0.3) is 0 Å². The van der Waals surface area contributed by atoms with Crippen molar-refractivity contribution in [3.05, 3.63) is 35.8 Å². The molecule has 0 aliphatic carbocycles. The van der Waals surface area contributed by atoms with Crippen LogP contribution >= 0.6 is 0 Å². The van der Waals surface area contributed by atoms with Gasteiger partial charge in [-0.25, -0.2) is 23.1 Å². The maximum atomic E-state index is 12.7. The van der Waals surface area contributed by atoms with E-state index in [0.29, 0.717) is 30.5 Å². The zero-order valence-corrected chi connectivity index (χ0v) is 16.7. The lowest BCUT2D eigenvalue weighted by molar-refractivity contribution is 0.171. The third-order valence-corrected chi connectivity index (χ3v) is 6.21. The zero-order chi connectivity index (χ0) is 19.6. The van der Waals surface area contributed by atoms with Crippen LogP contribution in [0.25, 0.3) is 0 Å². The van der Waals surface area contributed by atoms with Gasteiger partial charge in [-0.3, -0.25) is 0 Å². The first-order valence-electron chi connectivity index (χ1n) is 9.50. The van der Waals surface area contributed by atoms with E-state index in [4.69, 9.17) is 9.47 Å². The van der Waals surface area contributed by atoms with Gasteiger partial charge >= 0.3 is 0 Å². The molecule has 0 spiro atoms. The second kappa shape index (κ2) is 7.92. The molecule has 0 radical (unpaired) electrons. The quantitative estimate of drug-likeness (QED) is 0.815. The summed E-state index contributed by atoms with van der Waals surface area (Å²) < 4.78 is 38.9. The molecule has 2 aromatic rings. The predicted molar refractivity (Wildman–Crippen MR) is 104 cm³/mol. The highest BCUT2D eigenvalue weighted by molar-refractivity contribution is 7.89. The van der Waals surface area contributed by atoms with Gasteiger partial charge in [-0.15, -0.1) is 0 Å². The fourth-order valence-electron chi connectivity index (χ4n) is 3.41. The smallest absolute Gasteiger partial charge is 0.241 e. The Balaban J connectivity index is 1.49. The molecule has 0 bridgehead atoms. The molecule has 1 saturated heterocycles. The van der Waals surface area contributed by atoms with E-state index in [1.165, 1.54) is 18.6 Å². The van der Waals surface area contributed by atoms with E-state index in [1.54, 1.807) is 6.07 Å². The molecule has 0 unspecified atom stereocenters. The Bertz CT molecular complexity index is 958. The third kappa shape index (κ3) is 4.20. The van der Waals surface area contributed by atoms with Gasteiger partial charge < -0.3 is 14.4 Å². The summed E-state index contributed by atoms with van der Waals surface area (Å²) in [4.78, 5) is 11.3. The monoisotopic (exact) mass is 404 g/mol. The topological polar surface area (TPSA) is 93.7 Å². The third-order valence-electron chi connectivity index (χ3n) is 4.81. The zero-order valence-electron chi connectivity index (χ0n) is 15.8. The molecule has 28 heavy (non-hydrogen) atoms. The number of hydrogen-bond donors (Lipinski definition) is 1. The Kier molecular flexibility index (Phi) is 5.36. The number of hydrogen-bond acceptors (Lipinski definition) is 7. The number of piperidine rings is 1. The number of nitrogens with zero attached hydrogens (tertiary/aromatic N) is 3. The van der Waals surface area contributed by atoms with Crippen molar-refractivity contribution in [1.29, 1.82) is 0 Å². The minimum atomic E-state index is -3.72. The molecule has 150 valence electrons. The minimum absolute atomic E-state index is 0.0271. The second-order valence-electron chi connectivity index (χ2n) is 6.96. The summed E-state index contributed by atoms with van der Waals surface area (Å²) in [5.41, 5.74) is 0.823. The van der Waals surface area contributed by atoms with Crippen molar-refractivity contribution in [3.8, 4) is 11.5 Å². The Morgan fingerprint density at radius 3 is 2.57 bits per heavy atom. The highest BCUT2D eigenvalue weighted by Gasteiger charge is 2.20. The molecular weight excluding hydrogens is 380 g/mol.